The lowest BCUT2D eigenvalue weighted by atomic mass is 10.1. The molecule has 0 unspecified atom stereocenters. The molecule has 1 heterocycles. The van der Waals surface area contributed by atoms with Gasteiger partial charge in [-0.25, -0.2) is 9.97 Å². The summed E-state index contributed by atoms with van der Waals surface area (Å²) >= 11 is 12.4. The number of fused-ring (bicyclic) bond motifs is 1. The van der Waals surface area contributed by atoms with Crippen LogP contribution in [0.2, 0.25) is 10.2 Å². The summed E-state index contributed by atoms with van der Waals surface area (Å²) in [7, 11) is 0. The highest BCUT2D eigenvalue weighted by Crippen LogP contribution is 2.30. The third-order valence-corrected chi connectivity index (χ3v) is 3.61. The van der Waals surface area contributed by atoms with E-state index < -0.39 is 0 Å². The average Bonchev–Trinajstić information content (AvgIpc) is 2.39. The van der Waals surface area contributed by atoms with Crippen molar-refractivity contribution in [2.24, 2.45) is 0 Å². The molecule has 0 saturated heterocycles. The van der Waals surface area contributed by atoms with E-state index >= 15 is 0 Å². The Labute approximate surface area is 121 Å². The van der Waals surface area contributed by atoms with Crippen LogP contribution in [0.1, 0.15) is 5.56 Å². The summed E-state index contributed by atoms with van der Waals surface area (Å²) in [4.78, 5) is 8.91. The lowest BCUT2D eigenvalue weighted by Crippen LogP contribution is -1.93. The van der Waals surface area contributed by atoms with Crippen molar-refractivity contribution in [1.82, 2.24) is 9.97 Å². The van der Waals surface area contributed by atoms with Crippen LogP contribution < -0.4 is 0 Å². The van der Waals surface area contributed by atoms with E-state index in [0.29, 0.717) is 16.0 Å². The van der Waals surface area contributed by atoms with Crippen molar-refractivity contribution < 1.29 is 0 Å². The van der Waals surface area contributed by atoms with E-state index in [1.54, 1.807) is 0 Å². The second-order valence-corrected chi connectivity index (χ2v) is 5.05. The van der Waals surface area contributed by atoms with E-state index in [4.69, 9.17) is 23.2 Å². The van der Waals surface area contributed by atoms with Gasteiger partial charge in [0.1, 0.15) is 5.15 Å². The van der Waals surface area contributed by atoms with Gasteiger partial charge in [-0.1, -0.05) is 47.5 Å². The molecule has 0 fully saturated rings. The van der Waals surface area contributed by atoms with Crippen molar-refractivity contribution in [3.8, 4) is 11.4 Å². The van der Waals surface area contributed by atoms with Gasteiger partial charge in [0.25, 0.3) is 0 Å². The zero-order chi connectivity index (χ0) is 13.4. The van der Waals surface area contributed by atoms with E-state index in [1.807, 2.05) is 49.4 Å². The number of hydrogen-bond donors (Lipinski definition) is 0. The SMILES string of the molecule is Cc1cccc2nc(-c3ccccc3Cl)nc(Cl)c12. The van der Waals surface area contributed by atoms with E-state index in [9.17, 15) is 0 Å². The quantitative estimate of drug-likeness (QED) is 0.595. The predicted octanol–water partition coefficient (Wildman–Crippen LogP) is 4.91. The smallest absolute Gasteiger partial charge is 0.162 e. The van der Waals surface area contributed by atoms with Gasteiger partial charge in [0.2, 0.25) is 0 Å². The van der Waals surface area contributed by atoms with Gasteiger partial charge in [-0.05, 0) is 30.7 Å². The monoisotopic (exact) mass is 288 g/mol. The number of rotatable bonds is 1. The van der Waals surface area contributed by atoms with Crippen molar-refractivity contribution in [3.63, 3.8) is 0 Å². The molecular formula is C15H10Cl2N2. The highest BCUT2D eigenvalue weighted by atomic mass is 35.5. The van der Waals surface area contributed by atoms with Crippen molar-refractivity contribution >= 4 is 34.1 Å². The molecule has 1 aromatic heterocycles. The van der Waals surface area contributed by atoms with Crippen LogP contribution in [0.25, 0.3) is 22.3 Å². The van der Waals surface area contributed by atoms with Crippen molar-refractivity contribution in [3.05, 3.63) is 58.2 Å². The largest absolute Gasteiger partial charge is 0.228 e. The summed E-state index contributed by atoms with van der Waals surface area (Å²) in [6.45, 7) is 1.99. The zero-order valence-corrected chi connectivity index (χ0v) is 11.7. The molecule has 0 amide bonds. The fourth-order valence-electron chi connectivity index (χ4n) is 2.06. The number of nitrogens with zero attached hydrogens (tertiary/aromatic N) is 2. The van der Waals surface area contributed by atoms with Crippen LogP contribution in [0.3, 0.4) is 0 Å². The first-order valence-electron chi connectivity index (χ1n) is 5.84. The molecule has 0 aliphatic heterocycles. The summed E-state index contributed by atoms with van der Waals surface area (Å²) < 4.78 is 0. The van der Waals surface area contributed by atoms with Crippen LogP contribution in [0.4, 0.5) is 0 Å². The fraction of sp³-hybridized carbons (Fsp3) is 0.0667. The Morgan fingerprint density at radius 1 is 0.895 bits per heavy atom. The molecule has 19 heavy (non-hydrogen) atoms. The minimum atomic E-state index is 0.456. The van der Waals surface area contributed by atoms with Crippen LogP contribution in [0, 0.1) is 6.92 Å². The van der Waals surface area contributed by atoms with Crippen molar-refractivity contribution in [1.29, 1.82) is 0 Å². The molecular weight excluding hydrogens is 279 g/mol. The van der Waals surface area contributed by atoms with Gasteiger partial charge >= 0.3 is 0 Å². The molecule has 0 N–H and O–H groups in total. The molecule has 3 aromatic rings. The number of hydrogen-bond acceptors (Lipinski definition) is 2. The third kappa shape index (κ3) is 2.18. The lowest BCUT2D eigenvalue weighted by molar-refractivity contribution is 1.22. The van der Waals surface area contributed by atoms with Gasteiger partial charge < -0.3 is 0 Å². The van der Waals surface area contributed by atoms with Gasteiger partial charge in [0, 0.05) is 10.9 Å². The Morgan fingerprint density at radius 2 is 1.68 bits per heavy atom. The lowest BCUT2D eigenvalue weighted by Gasteiger charge is -2.07. The summed E-state index contributed by atoms with van der Waals surface area (Å²) in [5, 5.41) is 1.96. The maximum absolute atomic E-state index is 6.28. The highest BCUT2D eigenvalue weighted by Gasteiger charge is 2.11. The minimum Gasteiger partial charge on any atom is -0.228 e. The Bertz CT molecular complexity index is 769. The first-order valence-corrected chi connectivity index (χ1v) is 6.60. The maximum Gasteiger partial charge on any atom is 0.162 e. The third-order valence-electron chi connectivity index (χ3n) is 3.00. The van der Waals surface area contributed by atoms with Gasteiger partial charge in [0.05, 0.1) is 10.5 Å². The van der Waals surface area contributed by atoms with Crippen LogP contribution >= 0.6 is 23.2 Å². The second kappa shape index (κ2) is 4.80. The molecule has 94 valence electrons. The normalized spacial score (nSPS) is 10.9. The van der Waals surface area contributed by atoms with Crippen LogP contribution in [-0.2, 0) is 0 Å². The maximum atomic E-state index is 6.28. The van der Waals surface area contributed by atoms with Gasteiger partial charge in [-0.3, -0.25) is 0 Å². The molecule has 0 spiro atoms. The molecule has 0 aliphatic carbocycles. The summed E-state index contributed by atoms with van der Waals surface area (Å²) in [6, 6.07) is 13.3. The Balaban J connectivity index is 2.31. The van der Waals surface area contributed by atoms with Crippen LogP contribution in [-0.4, -0.2) is 9.97 Å². The molecule has 0 radical (unpaired) electrons. The molecule has 0 aliphatic rings. The Hall–Kier alpha value is -1.64. The zero-order valence-electron chi connectivity index (χ0n) is 10.2. The number of aromatic nitrogens is 2. The minimum absolute atomic E-state index is 0.456. The van der Waals surface area contributed by atoms with E-state index in [1.165, 1.54) is 0 Å². The van der Waals surface area contributed by atoms with Crippen molar-refractivity contribution in [2.45, 2.75) is 6.92 Å². The topological polar surface area (TPSA) is 25.8 Å². The second-order valence-electron chi connectivity index (χ2n) is 4.29. The molecule has 2 aromatic carbocycles. The Morgan fingerprint density at radius 3 is 2.47 bits per heavy atom. The standard InChI is InChI=1S/C15H10Cl2N2/c1-9-5-4-8-12-13(9)14(17)19-15(18-12)10-6-2-3-7-11(10)16/h2-8H,1H3. The summed E-state index contributed by atoms with van der Waals surface area (Å²) in [5.74, 6) is 0.550. The van der Waals surface area contributed by atoms with Gasteiger partial charge in [-0.15, -0.1) is 0 Å². The highest BCUT2D eigenvalue weighted by molar-refractivity contribution is 6.35. The fourth-order valence-corrected chi connectivity index (χ4v) is 2.61. The van der Waals surface area contributed by atoms with Gasteiger partial charge in [0.15, 0.2) is 5.82 Å². The molecule has 0 bridgehead atoms. The number of benzene rings is 2. The van der Waals surface area contributed by atoms with E-state index in [2.05, 4.69) is 9.97 Å². The molecule has 0 atom stereocenters. The van der Waals surface area contributed by atoms with Crippen molar-refractivity contribution in [2.75, 3.05) is 0 Å². The molecule has 2 nitrogen and oxygen atoms in total. The molecule has 3 rings (SSSR count). The number of aryl methyl sites for hydroxylation is 1. The average molecular weight is 289 g/mol. The summed E-state index contributed by atoms with van der Waals surface area (Å²) in [6.07, 6.45) is 0. The predicted molar refractivity (Wildman–Crippen MR) is 79.7 cm³/mol. The Kier molecular flexibility index (Phi) is 3.13. The van der Waals surface area contributed by atoms with E-state index in [-0.39, 0.29) is 0 Å². The van der Waals surface area contributed by atoms with Crippen LogP contribution in [0.15, 0.2) is 42.5 Å². The van der Waals surface area contributed by atoms with Crippen LogP contribution in [0.5, 0.6) is 0 Å². The number of halogens is 2. The van der Waals surface area contributed by atoms with E-state index in [0.717, 1.165) is 22.0 Å². The first kappa shape index (κ1) is 12.4. The molecule has 4 heteroatoms. The first-order chi connectivity index (χ1) is 9.16. The molecule has 0 saturated carbocycles. The van der Waals surface area contributed by atoms with Gasteiger partial charge in [-0.2, -0.15) is 0 Å². The summed E-state index contributed by atoms with van der Waals surface area (Å²) in [5.41, 5.74) is 2.68.